The van der Waals surface area contributed by atoms with Gasteiger partial charge in [-0.1, -0.05) is 42.3 Å². The van der Waals surface area contributed by atoms with Crippen molar-refractivity contribution in [2.75, 3.05) is 11.9 Å². The summed E-state index contributed by atoms with van der Waals surface area (Å²) in [4.78, 5) is 30.7. The molecule has 1 aromatic heterocycles. The zero-order valence-electron chi connectivity index (χ0n) is 20.2. The molecule has 0 aliphatic heterocycles. The van der Waals surface area contributed by atoms with Crippen LogP contribution >= 0.6 is 11.6 Å². The fourth-order valence-electron chi connectivity index (χ4n) is 4.19. The van der Waals surface area contributed by atoms with Crippen molar-refractivity contribution >= 4 is 40.1 Å². The quantitative estimate of drug-likeness (QED) is 0.290. The van der Waals surface area contributed by atoms with E-state index in [-0.39, 0.29) is 11.9 Å². The molecular formula is C29H27ClN2O3. The maximum atomic E-state index is 13.6. The molecule has 0 saturated carbocycles. The number of carbonyl (C=O) groups is 2. The highest BCUT2D eigenvalue weighted by atomic mass is 35.5. The molecule has 0 aliphatic carbocycles. The van der Waals surface area contributed by atoms with Gasteiger partial charge in [-0.05, 0) is 80.8 Å². The zero-order chi connectivity index (χ0) is 25.1. The Balaban J connectivity index is 1.76. The van der Waals surface area contributed by atoms with Crippen LogP contribution in [0.5, 0.6) is 0 Å². The van der Waals surface area contributed by atoms with Crippen molar-refractivity contribution in [1.82, 2.24) is 4.98 Å². The number of amides is 1. The third-order valence-electron chi connectivity index (χ3n) is 5.81. The summed E-state index contributed by atoms with van der Waals surface area (Å²) >= 11 is 6.25. The number of hydrogen-bond donors (Lipinski definition) is 1. The molecule has 0 atom stereocenters. The first-order valence-corrected chi connectivity index (χ1v) is 11.9. The number of rotatable bonds is 6. The lowest BCUT2D eigenvalue weighted by molar-refractivity contribution is 0.0505. The predicted molar refractivity (Wildman–Crippen MR) is 141 cm³/mol. The van der Waals surface area contributed by atoms with E-state index in [1.165, 1.54) is 0 Å². The van der Waals surface area contributed by atoms with Gasteiger partial charge in [0.15, 0.2) is 0 Å². The van der Waals surface area contributed by atoms with Crippen LogP contribution in [0.25, 0.3) is 22.2 Å². The minimum absolute atomic E-state index is 0.246. The second-order valence-electron chi connectivity index (χ2n) is 8.62. The number of fused-ring (bicyclic) bond motifs is 1. The summed E-state index contributed by atoms with van der Waals surface area (Å²) in [5, 5.41) is 4.38. The van der Waals surface area contributed by atoms with Crippen LogP contribution in [0.4, 0.5) is 5.69 Å². The first-order chi connectivity index (χ1) is 16.8. The van der Waals surface area contributed by atoms with Crippen molar-refractivity contribution in [2.24, 2.45) is 0 Å². The minimum Gasteiger partial charge on any atom is -0.462 e. The topological polar surface area (TPSA) is 68.3 Å². The lowest BCUT2D eigenvalue weighted by Gasteiger charge is -2.17. The van der Waals surface area contributed by atoms with Crippen LogP contribution in [0.3, 0.4) is 0 Å². The van der Waals surface area contributed by atoms with E-state index >= 15 is 0 Å². The molecule has 1 heterocycles. The number of nitrogens with zero attached hydrogens (tertiary/aromatic N) is 1. The van der Waals surface area contributed by atoms with Crippen molar-refractivity contribution in [3.05, 3.63) is 93.5 Å². The monoisotopic (exact) mass is 486 g/mol. The van der Waals surface area contributed by atoms with E-state index in [2.05, 4.69) is 11.4 Å². The molecule has 6 heteroatoms. The van der Waals surface area contributed by atoms with Gasteiger partial charge in [0, 0.05) is 21.7 Å². The first-order valence-electron chi connectivity index (χ1n) is 11.5. The Labute approximate surface area is 210 Å². The third kappa shape index (κ3) is 5.20. The van der Waals surface area contributed by atoms with E-state index in [9.17, 15) is 9.59 Å². The maximum absolute atomic E-state index is 13.6. The number of carbonyl (C=O) groups excluding carboxylic acids is 2. The SMILES string of the molecule is CCCOC(=O)c1ccc(NC(=O)c2c(C)c(-c3cccc(Cl)c3)nc3c(C)cc(C)cc23)cc1. The molecule has 0 radical (unpaired) electrons. The predicted octanol–water partition coefficient (Wildman–Crippen LogP) is 7.30. The fraction of sp³-hybridized carbons (Fsp3) is 0.207. The molecular weight excluding hydrogens is 460 g/mol. The van der Waals surface area contributed by atoms with E-state index in [0.717, 1.165) is 39.6 Å². The number of nitrogens with one attached hydrogen (secondary N) is 1. The average molecular weight is 487 g/mol. The standard InChI is InChI=1S/C29H27ClN2O3/c1-5-13-35-29(34)20-9-11-23(12-10-20)31-28(33)25-19(4)27(21-7-6-8-22(30)16-21)32-26-18(3)14-17(2)15-24(25)26/h6-12,14-16H,5,13H2,1-4H3,(H,31,33). The van der Waals surface area contributed by atoms with Crippen molar-refractivity contribution in [3.63, 3.8) is 0 Å². The van der Waals surface area contributed by atoms with Crippen LogP contribution in [-0.4, -0.2) is 23.5 Å². The number of esters is 1. The highest BCUT2D eigenvalue weighted by Gasteiger charge is 2.21. The number of halogens is 1. The van der Waals surface area contributed by atoms with Gasteiger partial charge in [0.2, 0.25) is 0 Å². The van der Waals surface area contributed by atoms with Gasteiger partial charge in [-0.15, -0.1) is 0 Å². The number of hydrogen-bond acceptors (Lipinski definition) is 4. The van der Waals surface area contributed by atoms with E-state index in [1.54, 1.807) is 24.3 Å². The zero-order valence-corrected chi connectivity index (χ0v) is 21.0. The highest BCUT2D eigenvalue weighted by Crippen LogP contribution is 2.33. The van der Waals surface area contributed by atoms with Crippen molar-refractivity contribution in [3.8, 4) is 11.3 Å². The summed E-state index contributed by atoms with van der Waals surface area (Å²) in [6.07, 6.45) is 0.759. The largest absolute Gasteiger partial charge is 0.462 e. The number of benzene rings is 3. The van der Waals surface area contributed by atoms with Crippen molar-refractivity contribution in [2.45, 2.75) is 34.1 Å². The van der Waals surface area contributed by atoms with E-state index in [4.69, 9.17) is 21.3 Å². The van der Waals surface area contributed by atoms with Crippen molar-refractivity contribution in [1.29, 1.82) is 0 Å². The van der Waals surface area contributed by atoms with Gasteiger partial charge < -0.3 is 10.1 Å². The summed E-state index contributed by atoms with van der Waals surface area (Å²) in [7, 11) is 0. The summed E-state index contributed by atoms with van der Waals surface area (Å²) in [5.41, 5.74) is 6.73. The Morgan fingerprint density at radius 1 is 1.00 bits per heavy atom. The summed E-state index contributed by atoms with van der Waals surface area (Å²) in [6, 6.07) is 18.2. The Bertz CT molecular complexity index is 1430. The Kier molecular flexibility index (Phi) is 7.17. The molecule has 1 N–H and O–H groups in total. The van der Waals surface area contributed by atoms with Crippen LogP contribution in [0.2, 0.25) is 5.02 Å². The van der Waals surface area contributed by atoms with E-state index in [0.29, 0.717) is 34.1 Å². The number of anilines is 1. The van der Waals surface area contributed by atoms with Crippen LogP contribution in [0.1, 0.15) is 50.8 Å². The molecule has 178 valence electrons. The van der Waals surface area contributed by atoms with Crippen LogP contribution < -0.4 is 5.32 Å². The van der Waals surface area contributed by atoms with Gasteiger partial charge in [0.25, 0.3) is 5.91 Å². The molecule has 0 unspecified atom stereocenters. The number of pyridine rings is 1. The first kappa shape index (κ1) is 24.4. The van der Waals surface area contributed by atoms with Gasteiger partial charge in [-0.2, -0.15) is 0 Å². The molecule has 0 bridgehead atoms. The molecule has 3 aromatic carbocycles. The van der Waals surface area contributed by atoms with Gasteiger partial charge in [-0.3, -0.25) is 4.79 Å². The van der Waals surface area contributed by atoms with Gasteiger partial charge in [0.05, 0.1) is 28.9 Å². The third-order valence-corrected chi connectivity index (χ3v) is 6.04. The van der Waals surface area contributed by atoms with E-state index < -0.39 is 0 Å². The molecule has 4 aromatic rings. The van der Waals surface area contributed by atoms with Gasteiger partial charge >= 0.3 is 5.97 Å². The van der Waals surface area contributed by atoms with Crippen molar-refractivity contribution < 1.29 is 14.3 Å². The normalized spacial score (nSPS) is 10.9. The molecule has 0 spiro atoms. The Morgan fingerprint density at radius 2 is 1.74 bits per heavy atom. The molecule has 1 amide bonds. The minimum atomic E-state index is -0.377. The molecule has 35 heavy (non-hydrogen) atoms. The Morgan fingerprint density at radius 3 is 2.43 bits per heavy atom. The summed E-state index contributed by atoms with van der Waals surface area (Å²) in [6.45, 7) is 8.22. The Hall–Kier alpha value is -3.70. The molecule has 0 saturated heterocycles. The van der Waals surface area contributed by atoms with Crippen LogP contribution in [0.15, 0.2) is 60.7 Å². The van der Waals surface area contributed by atoms with Crippen LogP contribution in [0, 0.1) is 20.8 Å². The van der Waals surface area contributed by atoms with Crippen LogP contribution in [-0.2, 0) is 4.74 Å². The fourth-order valence-corrected chi connectivity index (χ4v) is 4.38. The van der Waals surface area contributed by atoms with Gasteiger partial charge in [0.1, 0.15) is 0 Å². The second-order valence-corrected chi connectivity index (χ2v) is 9.05. The highest BCUT2D eigenvalue weighted by molar-refractivity contribution is 6.30. The lowest BCUT2D eigenvalue weighted by Crippen LogP contribution is -2.16. The summed E-state index contributed by atoms with van der Waals surface area (Å²) < 4.78 is 5.17. The number of ether oxygens (including phenoxy) is 1. The summed E-state index contributed by atoms with van der Waals surface area (Å²) in [5.74, 6) is -0.623. The van der Waals surface area contributed by atoms with E-state index in [1.807, 2.05) is 58.0 Å². The smallest absolute Gasteiger partial charge is 0.338 e. The molecule has 4 rings (SSSR count). The number of aryl methyl sites for hydroxylation is 2. The second kappa shape index (κ2) is 10.3. The maximum Gasteiger partial charge on any atom is 0.338 e. The molecule has 5 nitrogen and oxygen atoms in total. The van der Waals surface area contributed by atoms with Gasteiger partial charge in [-0.25, -0.2) is 9.78 Å². The molecule has 0 aliphatic rings. The molecule has 0 fully saturated rings. The average Bonchev–Trinajstić information content (AvgIpc) is 2.82. The number of aromatic nitrogens is 1. The lowest BCUT2D eigenvalue weighted by atomic mass is 9.94.